The number of rotatable bonds is 4. The molecule has 0 radical (unpaired) electrons. The van der Waals surface area contributed by atoms with E-state index in [2.05, 4.69) is 4.98 Å². The van der Waals surface area contributed by atoms with Crippen molar-refractivity contribution in [1.29, 1.82) is 0 Å². The van der Waals surface area contributed by atoms with E-state index >= 15 is 0 Å². The number of para-hydroxylation sites is 1. The monoisotopic (exact) mass is 265 g/mol. The summed E-state index contributed by atoms with van der Waals surface area (Å²) in [5.41, 5.74) is 0.998. The quantitative estimate of drug-likeness (QED) is 0.918. The summed E-state index contributed by atoms with van der Waals surface area (Å²) >= 11 is 1.63. The van der Waals surface area contributed by atoms with Gasteiger partial charge in [-0.15, -0.1) is 11.3 Å². The number of aliphatic hydroxyl groups excluding tert-OH is 1. The molecule has 5 heteroatoms. The molecule has 0 saturated carbocycles. The average molecular weight is 265 g/mol. The Morgan fingerprint density at radius 2 is 2.11 bits per heavy atom. The van der Waals surface area contributed by atoms with Crippen molar-refractivity contribution in [2.45, 2.75) is 25.2 Å². The predicted molar refractivity (Wildman–Crippen MR) is 69.6 cm³/mol. The number of aromatic nitrogens is 1. The molecule has 0 aliphatic carbocycles. The highest BCUT2D eigenvalue weighted by Gasteiger charge is 2.21. The number of benzene rings is 1. The van der Waals surface area contributed by atoms with Crippen LogP contribution in [0.4, 0.5) is 0 Å². The zero-order valence-electron chi connectivity index (χ0n) is 9.91. The number of thiazole rings is 1. The summed E-state index contributed by atoms with van der Waals surface area (Å²) in [6.07, 6.45) is 0.349. The second-order valence-electron chi connectivity index (χ2n) is 4.34. The van der Waals surface area contributed by atoms with Gasteiger partial charge in [-0.25, -0.2) is 4.98 Å². The van der Waals surface area contributed by atoms with Crippen molar-refractivity contribution in [3.63, 3.8) is 0 Å². The molecule has 1 unspecified atom stereocenters. The van der Waals surface area contributed by atoms with Crippen LogP contribution < -0.4 is 0 Å². The molecule has 2 aromatic rings. The van der Waals surface area contributed by atoms with Crippen molar-refractivity contribution in [1.82, 2.24) is 4.98 Å². The van der Waals surface area contributed by atoms with Crippen LogP contribution in [0.5, 0.6) is 0 Å². The zero-order valence-corrected chi connectivity index (χ0v) is 10.7. The summed E-state index contributed by atoms with van der Waals surface area (Å²) in [6, 6.07) is 8.01. The lowest BCUT2D eigenvalue weighted by Gasteiger charge is -2.13. The van der Waals surface area contributed by atoms with Gasteiger partial charge >= 0.3 is 0 Å². The van der Waals surface area contributed by atoms with Gasteiger partial charge in [0.25, 0.3) is 0 Å². The van der Waals surface area contributed by atoms with Gasteiger partial charge in [0, 0.05) is 12.8 Å². The summed E-state index contributed by atoms with van der Waals surface area (Å²) in [5, 5.41) is 11.0. The first-order valence-corrected chi connectivity index (χ1v) is 6.88. The van der Waals surface area contributed by atoms with Crippen LogP contribution in [0.2, 0.25) is 0 Å². The van der Waals surface area contributed by atoms with Crippen molar-refractivity contribution < 1.29 is 14.6 Å². The van der Waals surface area contributed by atoms with Crippen LogP contribution in [-0.2, 0) is 15.9 Å². The molecule has 4 nitrogen and oxygen atoms in total. The van der Waals surface area contributed by atoms with Gasteiger partial charge in [-0.1, -0.05) is 12.1 Å². The van der Waals surface area contributed by atoms with Crippen molar-refractivity contribution in [2.75, 3.05) is 13.2 Å². The maximum Gasteiger partial charge on any atom is 0.160 e. The lowest BCUT2D eigenvalue weighted by atomic mass is 10.2. The number of fused-ring (bicyclic) bond motifs is 1. The lowest BCUT2D eigenvalue weighted by Crippen LogP contribution is -2.20. The van der Waals surface area contributed by atoms with E-state index in [0.717, 1.165) is 15.2 Å². The molecule has 1 N–H and O–H groups in total. The molecule has 1 saturated heterocycles. The minimum atomic E-state index is -0.464. The Kier molecular flexibility index (Phi) is 3.56. The number of nitrogens with zero attached hydrogens (tertiary/aromatic N) is 1. The summed E-state index contributed by atoms with van der Waals surface area (Å²) < 4.78 is 11.8. The number of hydrogen-bond acceptors (Lipinski definition) is 5. The molecule has 96 valence electrons. The van der Waals surface area contributed by atoms with Crippen LogP contribution in [0.25, 0.3) is 10.2 Å². The maximum absolute atomic E-state index is 9.99. The summed E-state index contributed by atoms with van der Waals surface area (Å²) in [6.45, 7) is 1.25. The van der Waals surface area contributed by atoms with Gasteiger partial charge in [-0.2, -0.15) is 0 Å². The topological polar surface area (TPSA) is 51.6 Å². The molecule has 0 bridgehead atoms. The molecule has 3 rings (SSSR count). The molecule has 1 aromatic heterocycles. The third-order valence-corrected chi connectivity index (χ3v) is 3.96. The Labute approximate surface area is 109 Å². The van der Waals surface area contributed by atoms with Gasteiger partial charge in [-0.05, 0) is 12.1 Å². The fourth-order valence-corrected chi connectivity index (χ4v) is 3.10. The van der Waals surface area contributed by atoms with E-state index in [9.17, 15) is 5.11 Å². The Balaban J connectivity index is 1.64. The third-order valence-electron chi connectivity index (χ3n) is 2.90. The van der Waals surface area contributed by atoms with Crippen LogP contribution >= 0.6 is 11.3 Å². The average Bonchev–Trinajstić information content (AvgIpc) is 2.96. The molecule has 1 atom stereocenters. The smallest absolute Gasteiger partial charge is 0.160 e. The molecule has 1 aromatic carbocycles. The first kappa shape index (κ1) is 12.0. The van der Waals surface area contributed by atoms with Crippen LogP contribution in [0.1, 0.15) is 11.4 Å². The Morgan fingerprint density at radius 1 is 1.33 bits per heavy atom. The Hall–Kier alpha value is -1.01. The highest BCUT2D eigenvalue weighted by Crippen LogP contribution is 2.23. The number of aliphatic hydroxyl groups is 1. The van der Waals surface area contributed by atoms with Crippen molar-refractivity contribution in [3.05, 3.63) is 29.3 Å². The van der Waals surface area contributed by atoms with Gasteiger partial charge < -0.3 is 14.6 Å². The van der Waals surface area contributed by atoms with Gasteiger partial charge in [0.1, 0.15) is 0 Å². The third kappa shape index (κ3) is 2.70. The summed E-state index contributed by atoms with van der Waals surface area (Å²) in [7, 11) is 0. The molecule has 18 heavy (non-hydrogen) atoms. The number of ether oxygens (including phenoxy) is 2. The van der Waals surface area contributed by atoms with Gasteiger partial charge in [0.2, 0.25) is 0 Å². The van der Waals surface area contributed by atoms with Crippen LogP contribution in [0, 0.1) is 0 Å². The van der Waals surface area contributed by atoms with E-state index in [-0.39, 0.29) is 6.29 Å². The van der Waals surface area contributed by atoms with Crippen molar-refractivity contribution in [2.24, 2.45) is 0 Å². The van der Waals surface area contributed by atoms with Crippen LogP contribution in [0.15, 0.2) is 24.3 Å². The molecule has 0 spiro atoms. The van der Waals surface area contributed by atoms with E-state index in [1.165, 1.54) is 0 Å². The zero-order chi connectivity index (χ0) is 12.4. The second kappa shape index (κ2) is 5.32. The minimum Gasteiger partial charge on any atom is -0.392 e. The van der Waals surface area contributed by atoms with Crippen molar-refractivity contribution >= 4 is 21.6 Å². The largest absolute Gasteiger partial charge is 0.392 e. The normalized spacial score (nSPS) is 18.5. The summed E-state index contributed by atoms with van der Waals surface area (Å²) in [5.74, 6) is 0. The molecule has 1 aliphatic rings. The highest BCUT2D eigenvalue weighted by molar-refractivity contribution is 7.18. The van der Waals surface area contributed by atoms with E-state index < -0.39 is 6.10 Å². The molecular formula is C13H15NO3S. The van der Waals surface area contributed by atoms with Gasteiger partial charge in [0.05, 0.1) is 34.5 Å². The second-order valence-corrected chi connectivity index (χ2v) is 5.46. The lowest BCUT2D eigenvalue weighted by molar-refractivity contribution is -0.0698. The number of hydrogen-bond donors (Lipinski definition) is 1. The van der Waals surface area contributed by atoms with Crippen LogP contribution in [0.3, 0.4) is 0 Å². The van der Waals surface area contributed by atoms with Gasteiger partial charge in [-0.3, -0.25) is 0 Å². The Morgan fingerprint density at radius 3 is 2.89 bits per heavy atom. The molecule has 0 amide bonds. The molecule has 1 fully saturated rings. The standard InChI is InChI=1S/C13H15NO3S/c15-9(8-13-16-5-6-17-13)7-12-14-10-3-1-2-4-11(10)18-12/h1-4,9,13,15H,5-8H2. The first-order chi connectivity index (χ1) is 8.81. The SMILES string of the molecule is OC(Cc1nc2ccccc2s1)CC1OCCO1. The molecule has 1 aliphatic heterocycles. The highest BCUT2D eigenvalue weighted by atomic mass is 32.1. The van der Waals surface area contributed by atoms with E-state index in [1.807, 2.05) is 24.3 Å². The minimum absolute atomic E-state index is 0.255. The van der Waals surface area contributed by atoms with E-state index in [4.69, 9.17) is 9.47 Å². The van der Waals surface area contributed by atoms with E-state index in [1.54, 1.807) is 11.3 Å². The van der Waals surface area contributed by atoms with E-state index in [0.29, 0.717) is 26.1 Å². The first-order valence-electron chi connectivity index (χ1n) is 6.07. The fourth-order valence-electron chi connectivity index (χ4n) is 2.06. The van der Waals surface area contributed by atoms with Crippen molar-refractivity contribution in [3.8, 4) is 0 Å². The molecule has 2 heterocycles. The maximum atomic E-state index is 9.99. The van der Waals surface area contributed by atoms with Gasteiger partial charge in [0.15, 0.2) is 6.29 Å². The Bertz CT molecular complexity index is 489. The summed E-state index contributed by atoms with van der Waals surface area (Å²) in [4.78, 5) is 4.50. The fraction of sp³-hybridized carbons (Fsp3) is 0.462. The molecular weight excluding hydrogens is 250 g/mol. The predicted octanol–water partition coefficient (Wildman–Crippen LogP) is 1.96. The van der Waals surface area contributed by atoms with Crippen LogP contribution in [-0.4, -0.2) is 35.7 Å².